The third-order valence-electron chi connectivity index (χ3n) is 4.69. The van der Waals surface area contributed by atoms with E-state index in [0.717, 1.165) is 43.5 Å². The Labute approximate surface area is 181 Å². The fourth-order valence-electron chi connectivity index (χ4n) is 3.10. The molecular weight excluding hydrogens is 402 g/mol. The van der Waals surface area contributed by atoms with Crippen LogP contribution in [0.15, 0.2) is 12.3 Å². The summed E-state index contributed by atoms with van der Waals surface area (Å²) in [5.74, 6) is -1.34. The maximum Gasteiger partial charge on any atom is 0.303 e. The van der Waals surface area contributed by atoms with Gasteiger partial charge in [-0.1, -0.05) is 18.1 Å². The second-order valence-corrected chi connectivity index (χ2v) is 7.46. The zero-order valence-electron chi connectivity index (χ0n) is 18.1. The normalized spacial score (nSPS) is 10.8. The predicted molar refractivity (Wildman–Crippen MR) is 112 cm³/mol. The smallest absolute Gasteiger partial charge is 0.303 e. The first-order valence-electron chi connectivity index (χ1n) is 10.5. The molecule has 0 spiro atoms. The molecule has 2 aromatic rings. The first-order chi connectivity index (χ1) is 14.8. The summed E-state index contributed by atoms with van der Waals surface area (Å²) >= 11 is 0. The molecule has 0 bridgehead atoms. The number of carbonyl (C=O) groups excluding carboxylic acids is 2. The second-order valence-electron chi connectivity index (χ2n) is 7.46. The van der Waals surface area contributed by atoms with Crippen LogP contribution in [0.25, 0.3) is 0 Å². The largest absolute Gasteiger partial charge is 0.481 e. The summed E-state index contributed by atoms with van der Waals surface area (Å²) in [5.41, 5.74) is 2.08. The van der Waals surface area contributed by atoms with E-state index in [1.54, 1.807) is 24.7 Å². The minimum Gasteiger partial charge on any atom is -0.481 e. The summed E-state index contributed by atoms with van der Waals surface area (Å²) in [6, 6.07) is 1.67. The van der Waals surface area contributed by atoms with E-state index in [1.807, 2.05) is 6.20 Å². The molecule has 170 valence electrons. The molecule has 2 aromatic heterocycles. The second kappa shape index (κ2) is 12.5. The number of hydrogen-bond acceptors (Lipinski definition) is 6. The molecule has 11 heteroatoms. The molecule has 11 nitrogen and oxygen atoms in total. The van der Waals surface area contributed by atoms with Crippen LogP contribution in [0.2, 0.25) is 0 Å². The van der Waals surface area contributed by atoms with Gasteiger partial charge in [-0.2, -0.15) is 5.10 Å². The van der Waals surface area contributed by atoms with E-state index in [0.29, 0.717) is 25.2 Å². The Balaban J connectivity index is 1.49. The fourth-order valence-corrected chi connectivity index (χ4v) is 3.10. The zero-order chi connectivity index (χ0) is 22.6. The third-order valence-corrected chi connectivity index (χ3v) is 4.69. The van der Waals surface area contributed by atoms with Gasteiger partial charge in [0.1, 0.15) is 5.69 Å². The number of carbonyl (C=O) groups is 3. The maximum atomic E-state index is 12.0. The highest BCUT2D eigenvalue weighted by atomic mass is 16.4. The number of rotatable bonds is 14. The standard InChI is InChI=1S/C20H31N7O4/c1-15-12-17(26(2)24-15)20(31)22-13-18(28)21-10-6-4-3-5-8-16-14-27(25-23-16)11-7-9-19(29)30/h12,14H,3-11,13H2,1-2H3,(H,21,28)(H,22,31)(H,29,30). The monoisotopic (exact) mass is 433 g/mol. The Morgan fingerprint density at radius 3 is 2.58 bits per heavy atom. The summed E-state index contributed by atoms with van der Waals surface area (Å²) in [5, 5.41) is 26.3. The van der Waals surface area contributed by atoms with Gasteiger partial charge in [0, 0.05) is 32.8 Å². The number of carboxylic acids is 1. The SMILES string of the molecule is Cc1cc(C(=O)NCC(=O)NCCCCCCc2cn(CCCC(=O)O)nn2)n(C)n1. The van der Waals surface area contributed by atoms with Crippen molar-refractivity contribution in [3.8, 4) is 0 Å². The van der Waals surface area contributed by atoms with Gasteiger partial charge in [0.25, 0.3) is 5.91 Å². The van der Waals surface area contributed by atoms with Gasteiger partial charge in [-0.15, -0.1) is 5.10 Å². The number of hydrogen-bond donors (Lipinski definition) is 3. The van der Waals surface area contributed by atoms with Crippen LogP contribution in [0.3, 0.4) is 0 Å². The Bertz CT molecular complexity index is 875. The first kappa shape index (κ1) is 24.0. The lowest BCUT2D eigenvalue weighted by Gasteiger charge is -2.07. The summed E-state index contributed by atoms with van der Waals surface area (Å²) < 4.78 is 3.17. The van der Waals surface area contributed by atoms with E-state index in [1.165, 1.54) is 4.68 Å². The number of amides is 2. The molecule has 0 aliphatic heterocycles. The molecule has 0 unspecified atom stereocenters. The van der Waals surface area contributed by atoms with Crippen molar-refractivity contribution in [3.63, 3.8) is 0 Å². The maximum absolute atomic E-state index is 12.0. The minimum absolute atomic E-state index is 0.0643. The van der Waals surface area contributed by atoms with Crippen LogP contribution in [-0.2, 0) is 29.6 Å². The predicted octanol–water partition coefficient (Wildman–Crippen LogP) is 0.834. The van der Waals surface area contributed by atoms with E-state index in [-0.39, 0.29) is 24.8 Å². The average Bonchev–Trinajstić information content (AvgIpc) is 3.30. The molecule has 0 aliphatic carbocycles. The topological polar surface area (TPSA) is 144 Å². The van der Waals surface area contributed by atoms with E-state index in [2.05, 4.69) is 26.0 Å². The Hall–Kier alpha value is -3.24. The molecule has 3 N–H and O–H groups in total. The molecule has 0 aromatic carbocycles. The Kier molecular flexibility index (Phi) is 9.66. The van der Waals surface area contributed by atoms with Gasteiger partial charge in [0.15, 0.2) is 0 Å². The van der Waals surface area contributed by atoms with Gasteiger partial charge in [-0.3, -0.25) is 23.7 Å². The van der Waals surface area contributed by atoms with Crippen LogP contribution in [0.1, 0.15) is 60.4 Å². The van der Waals surface area contributed by atoms with Gasteiger partial charge in [-0.05, 0) is 38.7 Å². The van der Waals surface area contributed by atoms with Gasteiger partial charge in [0.2, 0.25) is 5.91 Å². The van der Waals surface area contributed by atoms with Crippen molar-refractivity contribution in [3.05, 3.63) is 29.3 Å². The van der Waals surface area contributed by atoms with Gasteiger partial charge in [0.05, 0.1) is 17.9 Å². The van der Waals surface area contributed by atoms with Gasteiger partial charge >= 0.3 is 5.97 Å². The first-order valence-corrected chi connectivity index (χ1v) is 10.5. The highest BCUT2D eigenvalue weighted by Gasteiger charge is 2.12. The molecule has 31 heavy (non-hydrogen) atoms. The lowest BCUT2D eigenvalue weighted by Crippen LogP contribution is -2.37. The molecule has 2 rings (SSSR count). The molecule has 0 atom stereocenters. The van der Waals surface area contributed by atoms with Crippen LogP contribution in [0.4, 0.5) is 0 Å². The number of nitrogens with one attached hydrogen (secondary N) is 2. The van der Waals surface area contributed by atoms with Crippen molar-refractivity contribution >= 4 is 17.8 Å². The molecule has 2 heterocycles. The van der Waals surface area contributed by atoms with Crippen molar-refractivity contribution in [2.75, 3.05) is 13.1 Å². The van der Waals surface area contributed by atoms with Crippen LogP contribution in [0, 0.1) is 6.92 Å². The number of aliphatic carboxylic acids is 1. The highest BCUT2D eigenvalue weighted by Crippen LogP contribution is 2.06. The highest BCUT2D eigenvalue weighted by molar-refractivity contribution is 5.95. The lowest BCUT2D eigenvalue weighted by atomic mass is 10.1. The zero-order valence-corrected chi connectivity index (χ0v) is 18.1. The summed E-state index contributed by atoms with van der Waals surface area (Å²) in [7, 11) is 1.69. The van der Waals surface area contributed by atoms with Crippen molar-refractivity contribution in [2.45, 2.75) is 58.4 Å². The van der Waals surface area contributed by atoms with Crippen molar-refractivity contribution in [1.82, 2.24) is 35.4 Å². The summed E-state index contributed by atoms with van der Waals surface area (Å²) in [4.78, 5) is 34.4. The number of aryl methyl sites for hydroxylation is 4. The number of unbranched alkanes of at least 4 members (excludes halogenated alkanes) is 3. The van der Waals surface area contributed by atoms with E-state index in [9.17, 15) is 14.4 Å². The Morgan fingerprint density at radius 2 is 1.87 bits per heavy atom. The van der Waals surface area contributed by atoms with Crippen molar-refractivity contribution in [1.29, 1.82) is 0 Å². The third kappa shape index (κ3) is 8.97. The average molecular weight is 434 g/mol. The van der Waals surface area contributed by atoms with E-state index >= 15 is 0 Å². The molecule has 0 saturated carbocycles. The quantitative estimate of drug-likeness (QED) is 0.374. The summed E-state index contributed by atoms with van der Waals surface area (Å²) in [6.07, 6.45) is 7.18. The number of nitrogens with zero attached hydrogens (tertiary/aromatic N) is 5. The van der Waals surface area contributed by atoms with Crippen LogP contribution in [-0.4, -0.2) is 60.8 Å². The molecule has 0 saturated heterocycles. The molecule has 0 aliphatic rings. The van der Waals surface area contributed by atoms with Crippen LogP contribution >= 0.6 is 0 Å². The van der Waals surface area contributed by atoms with Gasteiger partial charge < -0.3 is 15.7 Å². The van der Waals surface area contributed by atoms with E-state index in [4.69, 9.17) is 5.11 Å². The number of aromatic nitrogens is 5. The summed E-state index contributed by atoms with van der Waals surface area (Å²) in [6.45, 7) is 2.86. The molecule has 0 radical (unpaired) electrons. The minimum atomic E-state index is -0.805. The molecule has 2 amide bonds. The molecular formula is C20H31N7O4. The lowest BCUT2D eigenvalue weighted by molar-refractivity contribution is -0.137. The van der Waals surface area contributed by atoms with Crippen LogP contribution < -0.4 is 10.6 Å². The Morgan fingerprint density at radius 1 is 1.10 bits per heavy atom. The van der Waals surface area contributed by atoms with Crippen LogP contribution in [0.5, 0.6) is 0 Å². The molecule has 0 fully saturated rings. The van der Waals surface area contributed by atoms with E-state index < -0.39 is 5.97 Å². The van der Waals surface area contributed by atoms with Crippen molar-refractivity contribution in [2.24, 2.45) is 7.05 Å². The van der Waals surface area contributed by atoms with Gasteiger partial charge in [-0.25, -0.2) is 0 Å². The van der Waals surface area contributed by atoms with Crippen molar-refractivity contribution < 1.29 is 19.5 Å². The fraction of sp³-hybridized carbons (Fsp3) is 0.600. The number of carboxylic acid groups (broad SMARTS) is 1.